The number of allylic oxidation sites excluding steroid dienone is 1. The highest BCUT2D eigenvalue weighted by molar-refractivity contribution is 7.80. The molecule has 1 saturated heterocycles. The maximum absolute atomic E-state index is 12.3. The van der Waals surface area contributed by atoms with Crippen LogP contribution in [0.25, 0.3) is 0 Å². The first-order chi connectivity index (χ1) is 16.8. The van der Waals surface area contributed by atoms with Gasteiger partial charge in [-0.3, -0.25) is 0 Å². The molecule has 1 aliphatic heterocycles. The fourth-order valence-electron chi connectivity index (χ4n) is 7.00. The molecule has 9 heteroatoms. The van der Waals surface area contributed by atoms with Gasteiger partial charge in [0.25, 0.3) is 0 Å². The Morgan fingerprint density at radius 3 is 2.42 bits per heavy atom. The number of carboxylic acids is 2. The molecule has 4 atom stereocenters. The lowest BCUT2D eigenvalue weighted by molar-refractivity contribution is -0.950. The molecule has 0 amide bonds. The first-order valence-corrected chi connectivity index (χ1v) is 12.8. The molecule has 2 saturated carbocycles. The number of likely N-dealkylation sites (N-methyl/N-ethyl adjacent to an activating group) is 1. The fraction of sp³-hybridized carbons (Fsp3) is 0.519. The normalized spacial score (nSPS) is 32.6. The van der Waals surface area contributed by atoms with Crippen LogP contribution >= 0.6 is 12.2 Å². The number of phenolic OH excluding ortho intramolecular Hbond substituents is 1. The van der Waals surface area contributed by atoms with E-state index in [1.807, 2.05) is 6.07 Å². The van der Waals surface area contributed by atoms with Crippen molar-refractivity contribution in [3.05, 3.63) is 53.1 Å². The Morgan fingerprint density at radius 2 is 1.86 bits per heavy atom. The zero-order valence-electron chi connectivity index (χ0n) is 20.6. The number of nitrogens with two attached hydrogens (primary N) is 1. The number of aliphatic carboxylic acids is 2. The molecule has 0 spiro atoms. The molecular weight excluding hydrogens is 480 g/mol. The molecule has 3 aliphatic carbocycles. The summed E-state index contributed by atoms with van der Waals surface area (Å²) in [5.74, 6) is -1.51. The zero-order valence-corrected chi connectivity index (χ0v) is 21.4. The molecule has 2 bridgehead atoms. The Bertz CT molecular complexity index is 1150. The molecule has 1 heterocycles. The van der Waals surface area contributed by atoms with Crippen LogP contribution in [0.15, 0.2) is 36.4 Å². The number of fused-ring (bicyclic) bond motifs is 1. The van der Waals surface area contributed by atoms with Crippen LogP contribution in [0.5, 0.6) is 5.75 Å². The average molecular weight is 516 g/mol. The summed E-state index contributed by atoms with van der Waals surface area (Å²) < 4.78 is 0.951. The monoisotopic (exact) mass is 515 g/mol. The van der Waals surface area contributed by atoms with Crippen LogP contribution in [0.4, 0.5) is 0 Å². The highest BCUT2D eigenvalue weighted by atomic mass is 32.1. The molecular formula is C27H35N2O6S+. The second-order valence-corrected chi connectivity index (χ2v) is 11.5. The van der Waals surface area contributed by atoms with Gasteiger partial charge in [-0.25, -0.2) is 9.59 Å². The maximum Gasteiger partial charge on any atom is 0.328 e. The average Bonchev–Trinajstić information content (AvgIpc) is 3.60. The minimum absolute atomic E-state index is 0.164. The zero-order chi connectivity index (χ0) is 26.5. The fourth-order valence-corrected chi connectivity index (χ4v) is 7.16. The van der Waals surface area contributed by atoms with Gasteiger partial charge in [0.15, 0.2) is 0 Å². The molecule has 1 aromatic carbocycles. The van der Waals surface area contributed by atoms with Crippen LogP contribution in [0.2, 0.25) is 0 Å². The van der Waals surface area contributed by atoms with Gasteiger partial charge in [0.2, 0.25) is 0 Å². The van der Waals surface area contributed by atoms with Gasteiger partial charge in [0.1, 0.15) is 22.4 Å². The summed E-state index contributed by atoms with van der Waals surface area (Å²) in [6.45, 7) is 6.48. The van der Waals surface area contributed by atoms with Gasteiger partial charge < -0.3 is 30.6 Å². The minimum Gasteiger partial charge on any atom is -0.507 e. The molecule has 1 aromatic rings. The number of likely N-dealkylation sites (tertiary alicyclic amines) is 1. The number of hydrogen-bond acceptors (Lipinski definition) is 5. The van der Waals surface area contributed by atoms with E-state index in [1.165, 1.54) is 18.4 Å². The number of aromatic hydroxyl groups is 1. The molecule has 0 radical (unpaired) electrons. The second-order valence-electron chi connectivity index (χ2n) is 11.1. The number of carboxylic acid groups (broad SMARTS) is 2. The summed E-state index contributed by atoms with van der Waals surface area (Å²) in [4.78, 5) is 19.3. The van der Waals surface area contributed by atoms with Crippen molar-refractivity contribution in [3.63, 3.8) is 0 Å². The highest BCUT2D eigenvalue weighted by Gasteiger charge is 2.69. The van der Waals surface area contributed by atoms with E-state index in [0.717, 1.165) is 66.7 Å². The third-order valence-electron chi connectivity index (χ3n) is 8.76. The van der Waals surface area contributed by atoms with Crippen LogP contribution < -0.4 is 5.73 Å². The van der Waals surface area contributed by atoms with Gasteiger partial charge >= 0.3 is 11.9 Å². The lowest BCUT2D eigenvalue weighted by Crippen LogP contribution is -2.78. The summed E-state index contributed by atoms with van der Waals surface area (Å²) >= 11 is 5.19. The molecule has 36 heavy (non-hydrogen) atoms. The Morgan fingerprint density at radius 1 is 1.22 bits per heavy atom. The van der Waals surface area contributed by atoms with Gasteiger partial charge in [-0.2, -0.15) is 0 Å². The van der Waals surface area contributed by atoms with Crippen LogP contribution in [0.3, 0.4) is 0 Å². The van der Waals surface area contributed by atoms with Crippen molar-refractivity contribution in [3.8, 4) is 5.75 Å². The smallest absolute Gasteiger partial charge is 0.328 e. The number of hydrogen-bond donors (Lipinski definition) is 5. The predicted molar refractivity (Wildman–Crippen MR) is 139 cm³/mol. The van der Waals surface area contributed by atoms with E-state index in [2.05, 4.69) is 19.7 Å². The topological polar surface area (TPSA) is 141 Å². The summed E-state index contributed by atoms with van der Waals surface area (Å²) in [6, 6.07) is 4.11. The number of rotatable bonds is 5. The van der Waals surface area contributed by atoms with E-state index in [0.29, 0.717) is 17.7 Å². The molecule has 0 aromatic heterocycles. The van der Waals surface area contributed by atoms with Crippen molar-refractivity contribution in [2.75, 3.05) is 20.1 Å². The lowest BCUT2D eigenvalue weighted by atomic mass is 9.48. The van der Waals surface area contributed by atoms with Gasteiger partial charge in [0, 0.05) is 41.9 Å². The Labute approximate surface area is 216 Å². The van der Waals surface area contributed by atoms with Gasteiger partial charge in [0.05, 0.1) is 25.7 Å². The van der Waals surface area contributed by atoms with Crippen LogP contribution in [-0.4, -0.2) is 73.6 Å². The number of thiocarbonyl (C=S) groups is 1. The summed E-state index contributed by atoms with van der Waals surface area (Å²) in [5, 5.41) is 39.2. The number of nitrogens with zero attached hydrogens (tertiary/aromatic N) is 1. The van der Waals surface area contributed by atoms with Crippen LogP contribution in [0, 0.1) is 5.92 Å². The number of phenols is 1. The largest absolute Gasteiger partial charge is 0.507 e. The van der Waals surface area contributed by atoms with E-state index >= 15 is 0 Å². The number of benzene rings is 1. The van der Waals surface area contributed by atoms with E-state index in [1.54, 1.807) is 0 Å². The molecule has 3 fully saturated rings. The van der Waals surface area contributed by atoms with Crippen molar-refractivity contribution in [1.82, 2.24) is 0 Å². The third-order valence-corrected chi connectivity index (χ3v) is 8.98. The van der Waals surface area contributed by atoms with E-state index < -0.39 is 23.0 Å². The predicted octanol–water partition coefficient (Wildman–Crippen LogP) is 2.63. The van der Waals surface area contributed by atoms with Crippen molar-refractivity contribution < 1.29 is 34.5 Å². The van der Waals surface area contributed by atoms with Crippen molar-refractivity contribution in [1.29, 1.82) is 0 Å². The molecule has 194 valence electrons. The lowest BCUT2D eigenvalue weighted by Gasteiger charge is -2.65. The quantitative estimate of drug-likeness (QED) is 0.174. The number of piperidine rings is 1. The van der Waals surface area contributed by atoms with Crippen molar-refractivity contribution >= 4 is 29.1 Å². The highest BCUT2D eigenvalue weighted by Crippen LogP contribution is 2.62. The van der Waals surface area contributed by atoms with Gasteiger partial charge in [-0.1, -0.05) is 30.4 Å². The van der Waals surface area contributed by atoms with Crippen molar-refractivity contribution in [2.24, 2.45) is 11.7 Å². The first kappa shape index (κ1) is 26.3. The van der Waals surface area contributed by atoms with Gasteiger partial charge in [-0.05, 0) is 43.7 Å². The third kappa shape index (κ3) is 4.44. The molecule has 1 unspecified atom stereocenters. The maximum atomic E-state index is 12.3. The van der Waals surface area contributed by atoms with Crippen LogP contribution in [0.1, 0.15) is 55.2 Å². The summed E-state index contributed by atoms with van der Waals surface area (Å²) in [7, 11) is 2.35. The van der Waals surface area contributed by atoms with Crippen LogP contribution in [-0.2, 0) is 21.4 Å². The van der Waals surface area contributed by atoms with E-state index in [4.69, 9.17) is 28.2 Å². The summed E-state index contributed by atoms with van der Waals surface area (Å²) in [6.07, 6.45) is 7.77. The standard InChI is InChI=1S/C23H30N2O2S.C4H4O4/c1-14-7-8-23(27)18-11-16-5-6-17(21(24)28)20(26)19(16)22(23,12-14)9-10-25(18,2)13-15-3-4-15;5-3(6)1-2-4(7)8/h5-6,15,18,27H,1,3-4,7-13H2,2H3,(H2-,24,26,28);1-2H,(H,5,6)(H,7,8)/p+1/b;2-1+/t18-,22-,23-,25?;/m1./s1. The van der Waals surface area contributed by atoms with Crippen molar-refractivity contribution in [2.45, 2.75) is 62.0 Å². The Balaban J connectivity index is 0.000000331. The Kier molecular flexibility index (Phi) is 6.79. The first-order valence-electron chi connectivity index (χ1n) is 12.4. The second kappa shape index (κ2) is 9.28. The van der Waals surface area contributed by atoms with Gasteiger partial charge in [-0.15, -0.1) is 0 Å². The molecule has 8 nitrogen and oxygen atoms in total. The number of aliphatic hydroxyl groups is 1. The molecule has 4 aliphatic rings. The number of quaternary nitrogens is 1. The number of carbonyl (C=O) groups is 2. The SMILES string of the molecule is C=C1CC[C@@]2(O)[C@H]3Cc4ccc(C(N)=S)c(O)c4[C@@]2(CC[N+]3(C)CC2CC2)C1.O=C(O)/C=C/C(=O)O. The Hall–Kier alpha value is -2.75. The molecule has 5 rings (SSSR count). The summed E-state index contributed by atoms with van der Waals surface area (Å²) in [5.41, 5.74) is 8.35. The van der Waals surface area contributed by atoms with E-state index in [-0.39, 0.29) is 16.8 Å². The molecule has 6 N–H and O–H groups in total. The van der Waals surface area contributed by atoms with E-state index in [9.17, 15) is 19.8 Å². The minimum atomic E-state index is -1.26.